The monoisotopic (exact) mass is 448 g/mol. The molecule has 3 aromatic heterocycles. The lowest BCUT2D eigenvalue weighted by Gasteiger charge is -2.03. The molecule has 7 nitrogen and oxygen atoms in total. The van der Waals surface area contributed by atoms with E-state index in [-0.39, 0.29) is 11.7 Å². The average molecular weight is 449 g/mol. The second kappa shape index (κ2) is 8.37. The molecule has 0 saturated heterocycles. The van der Waals surface area contributed by atoms with Gasteiger partial charge in [0, 0.05) is 29.1 Å². The van der Waals surface area contributed by atoms with Crippen molar-refractivity contribution < 1.29 is 13.9 Å². The molecule has 0 saturated carbocycles. The first kappa shape index (κ1) is 19.5. The fourth-order valence-corrected chi connectivity index (χ4v) is 4.93. The van der Waals surface area contributed by atoms with Crippen LogP contribution >= 0.6 is 23.1 Å². The van der Waals surface area contributed by atoms with Gasteiger partial charge in [-0.3, -0.25) is 10.1 Å². The summed E-state index contributed by atoms with van der Waals surface area (Å²) in [6, 6.07) is 15.0. The third kappa shape index (κ3) is 3.85. The van der Waals surface area contributed by atoms with E-state index in [1.54, 1.807) is 25.6 Å². The van der Waals surface area contributed by atoms with Gasteiger partial charge in [0.25, 0.3) is 5.91 Å². The molecule has 9 heteroatoms. The van der Waals surface area contributed by atoms with Crippen molar-refractivity contribution in [3.05, 3.63) is 72.2 Å². The molecule has 2 aromatic carbocycles. The largest absolute Gasteiger partial charge is 0.494 e. The molecule has 5 rings (SSSR count). The molecule has 1 amide bonds. The van der Waals surface area contributed by atoms with Crippen LogP contribution in [0.3, 0.4) is 0 Å². The SMILES string of the molecule is COc1cccc2sc(NC(=O)c3oc4ccccc4c3CSc3ncccn3)nc12. The van der Waals surface area contributed by atoms with Gasteiger partial charge in [0.05, 0.1) is 11.8 Å². The Balaban J connectivity index is 1.47. The molecule has 154 valence electrons. The number of hydrogen-bond acceptors (Lipinski definition) is 8. The normalized spacial score (nSPS) is 11.1. The molecular weight excluding hydrogens is 432 g/mol. The zero-order chi connectivity index (χ0) is 21.2. The summed E-state index contributed by atoms with van der Waals surface area (Å²) in [7, 11) is 1.60. The topological polar surface area (TPSA) is 90.1 Å². The van der Waals surface area contributed by atoms with E-state index < -0.39 is 0 Å². The minimum absolute atomic E-state index is 0.260. The Labute approximate surface area is 185 Å². The number of thiazole rings is 1. The molecule has 0 spiro atoms. The van der Waals surface area contributed by atoms with Crippen LogP contribution < -0.4 is 10.1 Å². The molecule has 0 unspecified atom stereocenters. The summed E-state index contributed by atoms with van der Waals surface area (Å²) < 4.78 is 12.2. The van der Waals surface area contributed by atoms with E-state index in [4.69, 9.17) is 9.15 Å². The van der Waals surface area contributed by atoms with Gasteiger partial charge in [-0.25, -0.2) is 15.0 Å². The van der Waals surface area contributed by atoms with Gasteiger partial charge in [0.1, 0.15) is 16.8 Å². The number of hydrogen-bond donors (Lipinski definition) is 1. The number of amides is 1. The molecule has 0 atom stereocenters. The number of carbonyl (C=O) groups excluding carboxylic acids is 1. The van der Waals surface area contributed by atoms with Crippen LogP contribution in [0.5, 0.6) is 5.75 Å². The Bertz CT molecular complexity index is 1380. The highest BCUT2D eigenvalue weighted by atomic mass is 32.2. The van der Waals surface area contributed by atoms with Gasteiger partial charge < -0.3 is 9.15 Å². The number of methoxy groups -OCH3 is 1. The first-order valence-corrected chi connectivity index (χ1v) is 11.2. The molecular formula is C22H16N4O3S2. The maximum absolute atomic E-state index is 13.1. The third-order valence-electron chi connectivity index (χ3n) is 4.61. The van der Waals surface area contributed by atoms with Gasteiger partial charge in [-0.2, -0.15) is 0 Å². The number of anilines is 1. The van der Waals surface area contributed by atoms with Gasteiger partial charge in [0.15, 0.2) is 16.0 Å². The van der Waals surface area contributed by atoms with Crippen LogP contribution in [0.1, 0.15) is 16.1 Å². The number of thioether (sulfide) groups is 1. The van der Waals surface area contributed by atoms with Crippen molar-refractivity contribution in [1.82, 2.24) is 15.0 Å². The zero-order valence-corrected chi connectivity index (χ0v) is 18.0. The van der Waals surface area contributed by atoms with E-state index in [2.05, 4.69) is 20.3 Å². The third-order valence-corrected chi connectivity index (χ3v) is 6.45. The highest BCUT2D eigenvalue weighted by Gasteiger charge is 2.22. The number of aromatic nitrogens is 3. The Hall–Kier alpha value is -3.43. The predicted octanol–water partition coefficient (Wildman–Crippen LogP) is 5.39. The van der Waals surface area contributed by atoms with Crippen LogP contribution in [0.15, 0.2) is 70.5 Å². The van der Waals surface area contributed by atoms with E-state index in [0.29, 0.717) is 32.9 Å². The molecule has 0 aliphatic rings. The Morgan fingerprint density at radius 1 is 1.13 bits per heavy atom. The minimum Gasteiger partial charge on any atom is -0.494 e. The number of furan rings is 1. The van der Waals surface area contributed by atoms with Crippen molar-refractivity contribution >= 4 is 55.3 Å². The summed E-state index contributed by atoms with van der Waals surface area (Å²) in [6.07, 6.45) is 3.38. The second-order valence-corrected chi connectivity index (χ2v) is 8.48. The van der Waals surface area contributed by atoms with Crippen molar-refractivity contribution in [2.75, 3.05) is 12.4 Å². The van der Waals surface area contributed by atoms with Crippen LogP contribution in [-0.4, -0.2) is 28.0 Å². The maximum Gasteiger partial charge on any atom is 0.293 e. The van der Waals surface area contributed by atoms with E-state index in [9.17, 15) is 4.79 Å². The number of carbonyl (C=O) groups is 1. The van der Waals surface area contributed by atoms with Crippen molar-refractivity contribution in [2.24, 2.45) is 0 Å². The van der Waals surface area contributed by atoms with Crippen LogP contribution in [0.25, 0.3) is 21.2 Å². The first-order chi connectivity index (χ1) is 15.2. The van der Waals surface area contributed by atoms with Gasteiger partial charge >= 0.3 is 0 Å². The summed E-state index contributed by atoms with van der Waals surface area (Å²) in [5.74, 6) is 1.07. The van der Waals surface area contributed by atoms with Crippen LogP contribution in [-0.2, 0) is 5.75 Å². The molecule has 31 heavy (non-hydrogen) atoms. The van der Waals surface area contributed by atoms with E-state index in [1.165, 1.54) is 23.1 Å². The molecule has 0 fully saturated rings. The summed E-state index contributed by atoms with van der Waals surface area (Å²) >= 11 is 2.83. The van der Waals surface area contributed by atoms with E-state index in [1.807, 2.05) is 42.5 Å². The zero-order valence-electron chi connectivity index (χ0n) is 16.4. The molecule has 5 aromatic rings. The summed E-state index contributed by atoms with van der Waals surface area (Å²) in [4.78, 5) is 26.1. The lowest BCUT2D eigenvalue weighted by atomic mass is 10.1. The van der Waals surface area contributed by atoms with Crippen molar-refractivity contribution in [3.63, 3.8) is 0 Å². The number of para-hydroxylation sites is 2. The summed E-state index contributed by atoms with van der Waals surface area (Å²) in [5.41, 5.74) is 2.17. The molecule has 1 N–H and O–H groups in total. The smallest absolute Gasteiger partial charge is 0.293 e. The molecule has 3 heterocycles. The van der Waals surface area contributed by atoms with E-state index >= 15 is 0 Å². The van der Waals surface area contributed by atoms with Crippen LogP contribution in [0.4, 0.5) is 5.13 Å². The Kier molecular flexibility index (Phi) is 5.27. The number of nitrogens with one attached hydrogen (secondary N) is 1. The average Bonchev–Trinajstić information content (AvgIpc) is 3.39. The molecule has 0 aliphatic heterocycles. The fraction of sp³-hybridized carbons (Fsp3) is 0.0909. The van der Waals surface area contributed by atoms with E-state index in [0.717, 1.165) is 15.6 Å². The minimum atomic E-state index is -0.348. The van der Waals surface area contributed by atoms with Crippen LogP contribution in [0, 0.1) is 0 Å². The highest BCUT2D eigenvalue weighted by molar-refractivity contribution is 7.98. The number of rotatable bonds is 6. The first-order valence-electron chi connectivity index (χ1n) is 9.38. The van der Waals surface area contributed by atoms with Gasteiger partial charge in [-0.15, -0.1) is 0 Å². The summed E-state index contributed by atoms with van der Waals surface area (Å²) in [6.45, 7) is 0. The van der Waals surface area contributed by atoms with Crippen molar-refractivity contribution in [1.29, 1.82) is 0 Å². The van der Waals surface area contributed by atoms with Crippen molar-refractivity contribution in [2.45, 2.75) is 10.9 Å². The van der Waals surface area contributed by atoms with Gasteiger partial charge in [0.2, 0.25) is 0 Å². The summed E-state index contributed by atoms with van der Waals surface area (Å²) in [5, 5.41) is 4.89. The van der Waals surface area contributed by atoms with Gasteiger partial charge in [-0.05, 0) is 24.3 Å². The quantitative estimate of drug-likeness (QED) is 0.275. The Morgan fingerprint density at radius 2 is 1.97 bits per heavy atom. The van der Waals surface area contributed by atoms with Crippen molar-refractivity contribution in [3.8, 4) is 5.75 Å². The van der Waals surface area contributed by atoms with Gasteiger partial charge in [-0.1, -0.05) is 47.4 Å². The number of fused-ring (bicyclic) bond motifs is 2. The lowest BCUT2D eigenvalue weighted by Crippen LogP contribution is -2.12. The maximum atomic E-state index is 13.1. The lowest BCUT2D eigenvalue weighted by molar-refractivity contribution is 0.0998. The second-order valence-electron chi connectivity index (χ2n) is 6.51. The van der Waals surface area contributed by atoms with Crippen LogP contribution in [0.2, 0.25) is 0 Å². The number of nitrogens with zero attached hydrogens (tertiary/aromatic N) is 3. The Morgan fingerprint density at radius 3 is 2.81 bits per heavy atom. The fourth-order valence-electron chi connectivity index (χ4n) is 3.22. The molecule has 0 aliphatic carbocycles. The highest BCUT2D eigenvalue weighted by Crippen LogP contribution is 2.34. The predicted molar refractivity (Wildman–Crippen MR) is 122 cm³/mol. The number of benzene rings is 2. The molecule has 0 bridgehead atoms. The standard InChI is InChI=1S/C22H16N4O3S2/c1-28-16-8-4-9-17-18(16)25-22(31-17)26-20(27)19-14(12-30-21-23-10-5-11-24-21)13-6-2-3-7-15(13)29-19/h2-11H,12H2,1H3,(H,25,26,27). The number of ether oxygens (including phenoxy) is 1. The molecule has 0 radical (unpaired) electrons.